The van der Waals surface area contributed by atoms with Crippen LogP contribution in [-0.4, -0.2) is 5.11 Å². The van der Waals surface area contributed by atoms with Crippen molar-refractivity contribution in [1.29, 1.82) is 0 Å². The maximum Gasteiger partial charge on any atom is 0.0975 e. The van der Waals surface area contributed by atoms with Gasteiger partial charge in [-0.05, 0) is 113 Å². The smallest absolute Gasteiger partial charge is 0.0975 e. The van der Waals surface area contributed by atoms with Gasteiger partial charge in [0.05, 0.1) is 11.5 Å². The van der Waals surface area contributed by atoms with Crippen molar-refractivity contribution < 1.29 is 5.11 Å². The lowest BCUT2D eigenvalue weighted by Crippen LogP contribution is -2.38. The molecule has 1 N–H and O–H groups in total. The highest BCUT2D eigenvalue weighted by Crippen LogP contribution is 2.64. The van der Waals surface area contributed by atoms with E-state index in [9.17, 15) is 5.11 Å². The van der Waals surface area contributed by atoms with Crippen molar-refractivity contribution >= 4 is 0 Å². The summed E-state index contributed by atoms with van der Waals surface area (Å²) in [6.07, 6.45) is -0.855. The molecule has 0 heterocycles. The first-order valence-corrected chi connectivity index (χ1v) is 17.7. The topological polar surface area (TPSA) is 20.2 Å². The number of rotatable bonds is 4. The van der Waals surface area contributed by atoms with Crippen molar-refractivity contribution in [2.75, 3.05) is 0 Å². The van der Waals surface area contributed by atoms with Gasteiger partial charge in [0, 0.05) is 0 Å². The summed E-state index contributed by atoms with van der Waals surface area (Å²) < 4.78 is 0. The van der Waals surface area contributed by atoms with Gasteiger partial charge in [-0.1, -0.05) is 170 Å². The predicted molar refractivity (Wildman–Crippen MR) is 210 cm³/mol. The molecule has 0 aliphatic heterocycles. The number of aliphatic hydroxyl groups excluding tert-OH is 1. The zero-order valence-electron chi connectivity index (χ0n) is 28.0. The fourth-order valence-corrected chi connectivity index (χ4v) is 8.70. The van der Waals surface area contributed by atoms with E-state index in [1.54, 1.807) is 0 Å². The van der Waals surface area contributed by atoms with Crippen LogP contribution in [0.1, 0.15) is 28.4 Å². The van der Waals surface area contributed by atoms with Crippen LogP contribution < -0.4 is 0 Å². The van der Waals surface area contributed by atoms with Gasteiger partial charge in [-0.25, -0.2) is 0 Å². The van der Waals surface area contributed by atoms with E-state index in [4.69, 9.17) is 0 Å². The molecule has 0 aromatic heterocycles. The highest BCUT2D eigenvalue weighted by Gasteiger charge is 2.54. The predicted octanol–water partition coefficient (Wildman–Crippen LogP) is 12.4. The standard InChI is InChI=1S/C50H34O/c51-49-45-29-37(33-13-5-1-6-14-33)21-25-41(45)42-26-22-38(34-15-7-2-8-16-34)30-46(42)50(49)47-31-39(35-17-9-3-10-18-35)23-27-43(47)44-28-24-40(32-48(44)50)36-19-11-4-12-20-36/h1-32,49,51H. The van der Waals surface area contributed by atoms with Gasteiger partial charge in [-0.2, -0.15) is 0 Å². The van der Waals surface area contributed by atoms with Crippen LogP contribution in [0.3, 0.4) is 0 Å². The highest BCUT2D eigenvalue weighted by atomic mass is 16.3. The van der Waals surface area contributed by atoms with Crippen molar-refractivity contribution in [3.63, 3.8) is 0 Å². The van der Waals surface area contributed by atoms with E-state index in [1.165, 1.54) is 11.1 Å². The van der Waals surface area contributed by atoms with Gasteiger partial charge < -0.3 is 5.11 Å². The number of hydrogen-bond donors (Lipinski definition) is 1. The lowest BCUT2D eigenvalue weighted by atomic mass is 9.60. The van der Waals surface area contributed by atoms with E-state index < -0.39 is 11.5 Å². The third-order valence-corrected chi connectivity index (χ3v) is 11.1. The second-order valence-electron chi connectivity index (χ2n) is 13.8. The number of aliphatic hydroxyl groups is 1. The van der Waals surface area contributed by atoms with E-state index in [0.717, 1.165) is 77.9 Å². The zero-order chi connectivity index (χ0) is 33.9. The Morgan fingerprint density at radius 1 is 0.294 bits per heavy atom. The van der Waals surface area contributed by atoms with E-state index in [1.807, 2.05) is 6.07 Å². The summed E-state index contributed by atoms with van der Waals surface area (Å²) in [5.74, 6) is 0. The minimum absolute atomic E-state index is 0.855. The van der Waals surface area contributed by atoms with E-state index in [2.05, 4.69) is 188 Å². The van der Waals surface area contributed by atoms with E-state index in [-0.39, 0.29) is 0 Å². The molecule has 2 aliphatic carbocycles. The molecule has 2 aliphatic rings. The SMILES string of the molecule is OC1c2cc(-c3ccccc3)ccc2-c2ccc(-c3ccccc3)cc2C12c1cc(-c3ccccc3)ccc1-c1ccc(-c3ccccc3)cc12. The molecular formula is C50H34O. The molecule has 0 saturated carbocycles. The number of fused-ring (bicyclic) bond motifs is 9. The summed E-state index contributed by atoms with van der Waals surface area (Å²) >= 11 is 0. The molecule has 1 atom stereocenters. The van der Waals surface area contributed by atoms with Gasteiger partial charge in [0.2, 0.25) is 0 Å². The molecule has 8 aromatic carbocycles. The molecule has 240 valence electrons. The van der Waals surface area contributed by atoms with Crippen LogP contribution in [0, 0.1) is 0 Å². The van der Waals surface area contributed by atoms with Gasteiger partial charge in [0.15, 0.2) is 0 Å². The summed E-state index contributed by atoms with van der Waals surface area (Å²) in [6.45, 7) is 0. The average molecular weight is 651 g/mol. The zero-order valence-corrected chi connectivity index (χ0v) is 28.0. The Kier molecular flexibility index (Phi) is 6.77. The molecule has 1 spiro atoms. The minimum atomic E-state index is -0.872. The van der Waals surface area contributed by atoms with Gasteiger partial charge in [-0.15, -0.1) is 0 Å². The van der Waals surface area contributed by atoms with Crippen LogP contribution >= 0.6 is 0 Å². The fourth-order valence-electron chi connectivity index (χ4n) is 8.70. The lowest BCUT2D eigenvalue weighted by molar-refractivity contribution is 0.123. The number of benzene rings is 8. The Balaban J connectivity index is 1.32. The summed E-state index contributed by atoms with van der Waals surface area (Å²) in [7, 11) is 0. The molecular weight excluding hydrogens is 617 g/mol. The molecule has 1 nitrogen and oxygen atoms in total. The van der Waals surface area contributed by atoms with Gasteiger partial charge >= 0.3 is 0 Å². The maximum absolute atomic E-state index is 13.4. The minimum Gasteiger partial charge on any atom is -0.387 e. The molecule has 0 radical (unpaired) electrons. The number of hydrogen-bond acceptors (Lipinski definition) is 1. The maximum atomic E-state index is 13.4. The van der Waals surface area contributed by atoms with Crippen LogP contribution in [0.25, 0.3) is 66.8 Å². The third-order valence-electron chi connectivity index (χ3n) is 11.1. The lowest BCUT2D eigenvalue weighted by Gasteiger charge is -2.44. The average Bonchev–Trinajstić information content (AvgIpc) is 3.50. The summed E-state index contributed by atoms with van der Waals surface area (Å²) in [4.78, 5) is 0. The molecule has 1 unspecified atom stereocenters. The van der Waals surface area contributed by atoms with Crippen LogP contribution in [0.5, 0.6) is 0 Å². The van der Waals surface area contributed by atoms with Crippen molar-refractivity contribution in [3.8, 4) is 66.8 Å². The monoisotopic (exact) mass is 650 g/mol. The van der Waals surface area contributed by atoms with Crippen molar-refractivity contribution in [2.45, 2.75) is 11.5 Å². The van der Waals surface area contributed by atoms with Crippen molar-refractivity contribution in [3.05, 3.63) is 216 Å². The first-order valence-electron chi connectivity index (χ1n) is 17.7. The van der Waals surface area contributed by atoms with Crippen molar-refractivity contribution in [2.24, 2.45) is 0 Å². The Bertz CT molecular complexity index is 2480. The first-order chi connectivity index (χ1) is 25.2. The summed E-state index contributed by atoms with van der Waals surface area (Å²) in [5, 5.41) is 13.4. The van der Waals surface area contributed by atoms with Gasteiger partial charge in [0.1, 0.15) is 0 Å². The van der Waals surface area contributed by atoms with Crippen LogP contribution in [0.15, 0.2) is 194 Å². The molecule has 51 heavy (non-hydrogen) atoms. The normalized spacial score (nSPS) is 14.7. The Hall–Kier alpha value is -6.28. The first kappa shape index (κ1) is 29.6. The molecule has 0 amide bonds. The second kappa shape index (κ2) is 11.7. The molecule has 8 aromatic rings. The molecule has 10 rings (SSSR count). The van der Waals surface area contributed by atoms with Gasteiger partial charge in [0.25, 0.3) is 0 Å². The largest absolute Gasteiger partial charge is 0.387 e. The van der Waals surface area contributed by atoms with Crippen LogP contribution in [-0.2, 0) is 5.41 Å². The van der Waals surface area contributed by atoms with Crippen LogP contribution in [0.2, 0.25) is 0 Å². The Labute approximate surface area is 298 Å². The Morgan fingerprint density at radius 2 is 0.588 bits per heavy atom. The van der Waals surface area contributed by atoms with Gasteiger partial charge in [-0.3, -0.25) is 0 Å². The van der Waals surface area contributed by atoms with E-state index in [0.29, 0.717) is 0 Å². The quantitative estimate of drug-likeness (QED) is 0.201. The fraction of sp³-hybridized carbons (Fsp3) is 0.0400. The second-order valence-corrected chi connectivity index (χ2v) is 13.8. The highest BCUT2D eigenvalue weighted by molar-refractivity contribution is 5.93. The summed E-state index contributed by atoms with van der Waals surface area (Å²) in [6, 6.07) is 69.5. The summed E-state index contributed by atoms with van der Waals surface area (Å²) in [5.41, 5.74) is 17.2. The van der Waals surface area contributed by atoms with Crippen molar-refractivity contribution in [1.82, 2.24) is 0 Å². The molecule has 0 saturated heterocycles. The third kappa shape index (κ3) is 4.52. The molecule has 0 bridgehead atoms. The van der Waals surface area contributed by atoms with Crippen LogP contribution in [0.4, 0.5) is 0 Å². The molecule has 0 fully saturated rings. The van der Waals surface area contributed by atoms with E-state index >= 15 is 0 Å². The molecule has 1 heteroatoms. The Morgan fingerprint density at radius 3 is 0.941 bits per heavy atom.